The summed E-state index contributed by atoms with van der Waals surface area (Å²) in [4.78, 5) is 24.9. The van der Waals surface area contributed by atoms with Gasteiger partial charge in [0.2, 0.25) is 0 Å². The first kappa shape index (κ1) is 20.3. The van der Waals surface area contributed by atoms with Crippen LogP contribution in [0.4, 0.5) is 17.1 Å². The molecule has 8 nitrogen and oxygen atoms in total. The number of esters is 1. The van der Waals surface area contributed by atoms with Crippen LogP contribution in [0.1, 0.15) is 25.3 Å². The van der Waals surface area contributed by atoms with Gasteiger partial charge in [-0.05, 0) is 38.0 Å². The van der Waals surface area contributed by atoms with Gasteiger partial charge in [0.1, 0.15) is 0 Å². The van der Waals surface area contributed by atoms with E-state index in [-0.39, 0.29) is 17.6 Å². The second-order valence-corrected chi connectivity index (χ2v) is 6.75. The van der Waals surface area contributed by atoms with E-state index in [1.165, 1.54) is 12.1 Å². The van der Waals surface area contributed by atoms with E-state index in [0.29, 0.717) is 38.1 Å². The number of carbonyl (C=O) groups excluding carboxylic acids is 1. The summed E-state index contributed by atoms with van der Waals surface area (Å²) >= 11 is 0. The Kier molecular flexibility index (Phi) is 6.78. The van der Waals surface area contributed by atoms with Crippen LogP contribution in [-0.4, -0.2) is 36.8 Å². The molecule has 1 fully saturated rings. The number of hydrazone groups is 1. The lowest BCUT2D eigenvalue weighted by atomic mass is 9.96. The van der Waals surface area contributed by atoms with Gasteiger partial charge in [0.05, 0.1) is 29.4 Å². The van der Waals surface area contributed by atoms with E-state index in [1.54, 1.807) is 19.2 Å². The van der Waals surface area contributed by atoms with Crippen molar-refractivity contribution >= 4 is 29.2 Å². The molecule has 2 aromatic carbocycles. The van der Waals surface area contributed by atoms with Crippen LogP contribution in [0.15, 0.2) is 53.6 Å². The highest BCUT2D eigenvalue weighted by Crippen LogP contribution is 2.29. The Morgan fingerprint density at radius 3 is 2.66 bits per heavy atom. The van der Waals surface area contributed by atoms with E-state index < -0.39 is 4.92 Å². The summed E-state index contributed by atoms with van der Waals surface area (Å²) in [5.74, 6) is -0.245. The summed E-state index contributed by atoms with van der Waals surface area (Å²) in [6.07, 6.45) is 2.97. The number of carbonyl (C=O) groups is 1. The van der Waals surface area contributed by atoms with Crippen molar-refractivity contribution in [3.05, 3.63) is 64.2 Å². The maximum Gasteiger partial charge on any atom is 0.309 e. The predicted molar refractivity (Wildman–Crippen MR) is 112 cm³/mol. The van der Waals surface area contributed by atoms with Crippen molar-refractivity contribution < 1.29 is 14.5 Å². The molecule has 29 heavy (non-hydrogen) atoms. The van der Waals surface area contributed by atoms with Gasteiger partial charge in [0.25, 0.3) is 5.69 Å². The first-order valence-corrected chi connectivity index (χ1v) is 9.62. The third-order valence-electron chi connectivity index (χ3n) is 4.85. The summed E-state index contributed by atoms with van der Waals surface area (Å²) in [6, 6.07) is 14.2. The maximum atomic E-state index is 12.0. The molecule has 8 heteroatoms. The topological polar surface area (TPSA) is 97.1 Å². The van der Waals surface area contributed by atoms with Crippen LogP contribution >= 0.6 is 0 Å². The number of benzene rings is 2. The summed E-state index contributed by atoms with van der Waals surface area (Å²) in [6.45, 7) is 3.54. The van der Waals surface area contributed by atoms with Crippen LogP contribution in [0, 0.1) is 16.0 Å². The smallest absolute Gasteiger partial charge is 0.309 e. The van der Waals surface area contributed by atoms with Crippen LogP contribution in [0.2, 0.25) is 0 Å². The van der Waals surface area contributed by atoms with E-state index in [1.807, 2.05) is 30.3 Å². The van der Waals surface area contributed by atoms with Gasteiger partial charge >= 0.3 is 5.97 Å². The van der Waals surface area contributed by atoms with Gasteiger partial charge in [-0.15, -0.1) is 0 Å². The quantitative estimate of drug-likeness (QED) is 0.331. The molecule has 152 valence electrons. The van der Waals surface area contributed by atoms with E-state index in [9.17, 15) is 14.9 Å². The largest absolute Gasteiger partial charge is 0.466 e. The third-order valence-corrected chi connectivity index (χ3v) is 4.85. The Bertz CT molecular complexity index is 878. The molecule has 0 radical (unpaired) electrons. The number of nitro benzene ring substituents is 1. The number of rotatable bonds is 7. The summed E-state index contributed by atoms with van der Waals surface area (Å²) in [7, 11) is 0. The summed E-state index contributed by atoms with van der Waals surface area (Å²) in [5.41, 5.74) is 5.27. The van der Waals surface area contributed by atoms with Crippen LogP contribution < -0.4 is 10.3 Å². The highest BCUT2D eigenvalue weighted by molar-refractivity contribution is 5.89. The molecule has 0 aliphatic carbocycles. The lowest BCUT2D eigenvalue weighted by Crippen LogP contribution is -2.37. The Morgan fingerprint density at radius 1 is 1.28 bits per heavy atom. The predicted octanol–water partition coefficient (Wildman–Crippen LogP) is 3.82. The minimum atomic E-state index is -0.418. The molecule has 0 aromatic heterocycles. The number of anilines is 2. The van der Waals surface area contributed by atoms with Gasteiger partial charge in [0, 0.05) is 36.5 Å². The first-order chi connectivity index (χ1) is 14.1. The van der Waals surface area contributed by atoms with Crippen molar-refractivity contribution in [3.8, 4) is 0 Å². The monoisotopic (exact) mass is 396 g/mol. The number of piperidine rings is 1. The molecular weight excluding hydrogens is 372 g/mol. The van der Waals surface area contributed by atoms with E-state index in [0.717, 1.165) is 11.4 Å². The molecule has 1 N–H and O–H groups in total. The number of ether oxygens (including phenoxy) is 1. The van der Waals surface area contributed by atoms with Gasteiger partial charge in [0.15, 0.2) is 0 Å². The van der Waals surface area contributed by atoms with Gasteiger partial charge in [-0.3, -0.25) is 20.3 Å². The van der Waals surface area contributed by atoms with Crippen LogP contribution in [0.25, 0.3) is 0 Å². The molecule has 1 aliphatic rings. The zero-order valence-corrected chi connectivity index (χ0v) is 16.3. The number of nitrogens with one attached hydrogen (secondary N) is 1. The minimum Gasteiger partial charge on any atom is -0.466 e. The number of nitro groups is 1. The van der Waals surface area contributed by atoms with Gasteiger partial charge < -0.3 is 9.64 Å². The second-order valence-electron chi connectivity index (χ2n) is 6.75. The maximum absolute atomic E-state index is 12.0. The normalized spacial score (nSPS) is 14.7. The lowest BCUT2D eigenvalue weighted by molar-refractivity contribution is -0.384. The number of nitrogens with zero attached hydrogens (tertiary/aromatic N) is 3. The van der Waals surface area contributed by atoms with Gasteiger partial charge in [-0.2, -0.15) is 5.10 Å². The van der Waals surface area contributed by atoms with Crippen LogP contribution in [-0.2, 0) is 9.53 Å². The average Bonchev–Trinajstić information content (AvgIpc) is 2.75. The average molecular weight is 396 g/mol. The van der Waals surface area contributed by atoms with Gasteiger partial charge in [-0.25, -0.2) is 0 Å². The zero-order valence-electron chi connectivity index (χ0n) is 16.3. The molecule has 1 aliphatic heterocycles. The molecule has 0 amide bonds. The SMILES string of the molecule is CCOC(=O)C1CCN(c2ccc([N+](=O)[O-])cc2C=NNc2ccccc2)CC1. The number of hydrogen-bond acceptors (Lipinski definition) is 7. The molecule has 0 unspecified atom stereocenters. The van der Waals surface area contributed by atoms with Crippen molar-refractivity contribution in [2.75, 3.05) is 30.0 Å². The standard InChI is InChI=1S/C21H24N4O4/c1-2-29-21(26)16-10-12-24(13-11-16)20-9-8-19(25(27)28)14-17(20)15-22-23-18-6-4-3-5-7-18/h3-9,14-16,23H,2,10-13H2,1H3. The molecule has 0 spiro atoms. The van der Waals surface area contributed by atoms with Gasteiger partial charge in [-0.1, -0.05) is 18.2 Å². The third kappa shape index (κ3) is 5.31. The fourth-order valence-corrected chi connectivity index (χ4v) is 3.35. The molecule has 0 bridgehead atoms. The van der Waals surface area contributed by atoms with E-state index in [4.69, 9.17) is 4.74 Å². The molecule has 3 rings (SSSR count). The van der Waals surface area contributed by atoms with Crippen molar-refractivity contribution in [1.29, 1.82) is 0 Å². The Balaban J connectivity index is 1.76. The lowest BCUT2D eigenvalue weighted by Gasteiger charge is -2.33. The first-order valence-electron chi connectivity index (χ1n) is 9.62. The fourth-order valence-electron chi connectivity index (χ4n) is 3.35. The van der Waals surface area contributed by atoms with Crippen molar-refractivity contribution in [2.24, 2.45) is 11.0 Å². The molecule has 0 atom stereocenters. The highest BCUT2D eigenvalue weighted by Gasteiger charge is 2.27. The van der Waals surface area contributed by atoms with E-state index in [2.05, 4.69) is 15.4 Å². The molecule has 2 aromatic rings. The molecular formula is C21H24N4O4. The number of para-hydroxylation sites is 1. The Labute approximate surface area is 169 Å². The van der Waals surface area contributed by atoms with E-state index >= 15 is 0 Å². The second kappa shape index (κ2) is 9.68. The molecule has 0 saturated carbocycles. The molecule has 1 saturated heterocycles. The van der Waals surface area contributed by atoms with Crippen LogP contribution in [0.5, 0.6) is 0 Å². The van der Waals surface area contributed by atoms with Crippen LogP contribution in [0.3, 0.4) is 0 Å². The summed E-state index contributed by atoms with van der Waals surface area (Å²) in [5, 5.41) is 15.4. The molecule has 1 heterocycles. The fraction of sp³-hybridized carbons (Fsp3) is 0.333. The number of hydrogen-bond donors (Lipinski definition) is 1. The Hall–Kier alpha value is -3.42. The summed E-state index contributed by atoms with van der Waals surface area (Å²) < 4.78 is 5.12. The zero-order chi connectivity index (χ0) is 20.6. The number of non-ortho nitro benzene ring substituents is 1. The highest BCUT2D eigenvalue weighted by atomic mass is 16.6. The Morgan fingerprint density at radius 2 is 2.00 bits per heavy atom. The van der Waals surface area contributed by atoms with Crippen molar-refractivity contribution in [3.63, 3.8) is 0 Å². The van der Waals surface area contributed by atoms with Crippen molar-refractivity contribution in [2.45, 2.75) is 19.8 Å². The van der Waals surface area contributed by atoms with Crippen molar-refractivity contribution in [1.82, 2.24) is 0 Å². The minimum absolute atomic E-state index is 0.0105.